The number of hydrogen-bond acceptors (Lipinski definition) is 4. The van der Waals surface area contributed by atoms with Crippen molar-refractivity contribution in [3.63, 3.8) is 0 Å². The molecule has 1 N–H and O–H groups in total. The fourth-order valence-electron chi connectivity index (χ4n) is 2.24. The first-order valence-electron chi connectivity index (χ1n) is 6.32. The molecule has 0 aliphatic carbocycles. The second kappa shape index (κ2) is 6.19. The van der Waals surface area contributed by atoms with E-state index in [-0.39, 0.29) is 12.0 Å². The van der Waals surface area contributed by atoms with E-state index in [1.54, 1.807) is 17.4 Å². The number of nitrogens with zero attached hydrogens (tertiary/aromatic N) is 1. The van der Waals surface area contributed by atoms with E-state index in [4.69, 9.17) is 9.84 Å². The van der Waals surface area contributed by atoms with Crippen LogP contribution in [-0.4, -0.2) is 47.7 Å². The van der Waals surface area contributed by atoms with Gasteiger partial charge in [-0.3, -0.25) is 4.79 Å². The lowest BCUT2D eigenvalue weighted by molar-refractivity contribution is -0.146. The minimum atomic E-state index is -0.988. The molecular formula is C14H17NO4S. The average molecular weight is 295 g/mol. The number of aliphatic carboxylic acids is 1. The summed E-state index contributed by atoms with van der Waals surface area (Å²) in [5.41, 5.74) is 0. The standard InChI is InChI=1S/C14H17NO4S/c1-9-3-4-11(20-9)5-6-13(16)15-8-10(19-2)7-12(15)14(17)18/h3-6,10,12H,7-8H2,1-2H3,(H,17,18)/b6-5+. The van der Waals surface area contributed by atoms with Gasteiger partial charge in [0.2, 0.25) is 5.91 Å². The van der Waals surface area contributed by atoms with Gasteiger partial charge in [0.1, 0.15) is 6.04 Å². The van der Waals surface area contributed by atoms with Crippen LogP contribution in [0.15, 0.2) is 18.2 Å². The highest BCUT2D eigenvalue weighted by Gasteiger charge is 2.38. The van der Waals surface area contributed by atoms with Gasteiger partial charge in [-0.1, -0.05) is 0 Å². The topological polar surface area (TPSA) is 66.8 Å². The van der Waals surface area contributed by atoms with E-state index in [2.05, 4.69) is 0 Å². The molecule has 1 saturated heterocycles. The molecule has 0 bridgehead atoms. The number of carboxylic acid groups (broad SMARTS) is 1. The predicted molar refractivity (Wildman–Crippen MR) is 76.6 cm³/mol. The van der Waals surface area contributed by atoms with Crippen LogP contribution in [-0.2, 0) is 14.3 Å². The molecule has 1 aromatic heterocycles. The third-order valence-corrected chi connectivity index (χ3v) is 4.28. The molecule has 1 amide bonds. The molecule has 0 saturated carbocycles. The largest absolute Gasteiger partial charge is 0.480 e. The van der Waals surface area contributed by atoms with Crippen LogP contribution in [0.1, 0.15) is 16.2 Å². The Kier molecular flexibility index (Phi) is 4.57. The zero-order chi connectivity index (χ0) is 14.7. The number of methoxy groups -OCH3 is 1. The van der Waals surface area contributed by atoms with Crippen molar-refractivity contribution in [2.75, 3.05) is 13.7 Å². The SMILES string of the molecule is COC1CC(C(=O)O)N(C(=O)/C=C/c2ccc(C)s2)C1. The molecule has 1 fully saturated rings. The van der Waals surface area contributed by atoms with Crippen LogP contribution in [0, 0.1) is 6.92 Å². The third kappa shape index (κ3) is 3.26. The number of thiophene rings is 1. The van der Waals surface area contributed by atoms with E-state index in [1.165, 1.54) is 23.0 Å². The Morgan fingerprint density at radius 2 is 2.25 bits per heavy atom. The van der Waals surface area contributed by atoms with Crippen molar-refractivity contribution in [3.05, 3.63) is 28.0 Å². The molecule has 0 spiro atoms. The van der Waals surface area contributed by atoms with Crippen molar-refractivity contribution in [2.24, 2.45) is 0 Å². The Morgan fingerprint density at radius 3 is 2.80 bits per heavy atom. The lowest BCUT2D eigenvalue weighted by Crippen LogP contribution is -2.39. The first-order chi connectivity index (χ1) is 9.51. The zero-order valence-electron chi connectivity index (χ0n) is 11.4. The first kappa shape index (κ1) is 14.7. The number of aryl methyl sites for hydroxylation is 1. The number of likely N-dealkylation sites (tertiary alicyclic amines) is 1. The molecule has 2 rings (SSSR count). The summed E-state index contributed by atoms with van der Waals surface area (Å²) in [5.74, 6) is -1.28. The number of hydrogen-bond donors (Lipinski definition) is 1. The van der Waals surface area contributed by atoms with Crippen LogP contribution in [0.2, 0.25) is 0 Å². The third-order valence-electron chi connectivity index (χ3n) is 3.32. The van der Waals surface area contributed by atoms with Gasteiger partial charge in [0.05, 0.1) is 6.10 Å². The summed E-state index contributed by atoms with van der Waals surface area (Å²) in [6, 6.07) is 3.11. The number of carbonyl (C=O) groups is 2. The van der Waals surface area contributed by atoms with E-state index >= 15 is 0 Å². The molecule has 2 atom stereocenters. The normalized spacial score (nSPS) is 22.6. The fraction of sp³-hybridized carbons (Fsp3) is 0.429. The number of ether oxygens (including phenoxy) is 1. The molecular weight excluding hydrogens is 278 g/mol. The van der Waals surface area contributed by atoms with Gasteiger partial charge < -0.3 is 14.7 Å². The van der Waals surface area contributed by atoms with Crippen LogP contribution in [0.3, 0.4) is 0 Å². The summed E-state index contributed by atoms with van der Waals surface area (Å²) in [7, 11) is 1.53. The molecule has 1 aliphatic rings. The number of amides is 1. The van der Waals surface area contributed by atoms with Gasteiger partial charge in [0.25, 0.3) is 0 Å². The lowest BCUT2D eigenvalue weighted by Gasteiger charge is -2.19. The first-order valence-corrected chi connectivity index (χ1v) is 7.13. The van der Waals surface area contributed by atoms with E-state index in [0.29, 0.717) is 13.0 Å². The molecule has 5 nitrogen and oxygen atoms in total. The van der Waals surface area contributed by atoms with E-state index in [9.17, 15) is 9.59 Å². The van der Waals surface area contributed by atoms with Crippen molar-refractivity contribution >= 4 is 29.3 Å². The van der Waals surface area contributed by atoms with Crippen LogP contribution in [0.25, 0.3) is 6.08 Å². The maximum absolute atomic E-state index is 12.1. The second-order valence-corrected chi connectivity index (χ2v) is 6.04. The Labute approximate surface area is 121 Å². The molecule has 0 radical (unpaired) electrons. The summed E-state index contributed by atoms with van der Waals surface area (Å²) < 4.78 is 5.16. The molecule has 20 heavy (non-hydrogen) atoms. The van der Waals surface area contributed by atoms with Gasteiger partial charge in [-0.15, -0.1) is 11.3 Å². The lowest BCUT2D eigenvalue weighted by atomic mass is 10.2. The zero-order valence-corrected chi connectivity index (χ0v) is 12.2. The van der Waals surface area contributed by atoms with Crippen LogP contribution in [0.5, 0.6) is 0 Å². The number of carboxylic acids is 1. The van der Waals surface area contributed by atoms with Crippen molar-refractivity contribution in [2.45, 2.75) is 25.5 Å². The molecule has 108 valence electrons. The second-order valence-electron chi connectivity index (χ2n) is 4.72. The summed E-state index contributed by atoms with van der Waals surface area (Å²) >= 11 is 1.59. The van der Waals surface area contributed by atoms with Crippen LogP contribution in [0.4, 0.5) is 0 Å². The van der Waals surface area contributed by atoms with Crippen molar-refractivity contribution in [3.8, 4) is 0 Å². The highest BCUT2D eigenvalue weighted by atomic mass is 32.1. The van der Waals surface area contributed by atoms with Gasteiger partial charge in [-0.05, 0) is 25.1 Å². The summed E-state index contributed by atoms with van der Waals surface area (Å²) in [4.78, 5) is 26.8. The Hall–Kier alpha value is -1.66. The average Bonchev–Trinajstić information content (AvgIpc) is 3.02. The molecule has 0 aromatic carbocycles. The summed E-state index contributed by atoms with van der Waals surface area (Å²) in [6.07, 6.45) is 3.28. The smallest absolute Gasteiger partial charge is 0.326 e. The molecule has 2 unspecified atom stereocenters. The Bertz CT molecular complexity index is 537. The van der Waals surface area contributed by atoms with Crippen molar-refractivity contribution < 1.29 is 19.4 Å². The van der Waals surface area contributed by atoms with Gasteiger partial charge >= 0.3 is 5.97 Å². The quantitative estimate of drug-likeness (QED) is 0.860. The Morgan fingerprint density at radius 1 is 1.50 bits per heavy atom. The van der Waals surface area contributed by atoms with Gasteiger partial charge in [-0.25, -0.2) is 4.79 Å². The van der Waals surface area contributed by atoms with Crippen LogP contribution < -0.4 is 0 Å². The van der Waals surface area contributed by atoms with E-state index in [1.807, 2.05) is 19.1 Å². The van der Waals surface area contributed by atoms with E-state index in [0.717, 1.165) is 4.88 Å². The highest BCUT2D eigenvalue weighted by Crippen LogP contribution is 2.22. The fourth-order valence-corrected chi connectivity index (χ4v) is 3.02. The van der Waals surface area contributed by atoms with Gasteiger partial charge in [0, 0.05) is 35.9 Å². The molecule has 6 heteroatoms. The number of rotatable bonds is 4. The summed E-state index contributed by atoms with van der Waals surface area (Å²) in [6.45, 7) is 2.31. The maximum Gasteiger partial charge on any atom is 0.326 e. The highest BCUT2D eigenvalue weighted by molar-refractivity contribution is 7.12. The van der Waals surface area contributed by atoms with Crippen molar-refractivity contribution in [1.82, 2.24) is 4.90 Å². The monoisotopic (exact) mass is 295 g/mol. The minimum absolute atomic E-state index is 0.211. The maximum atomic E-state index is 12.1. The Balaban J connectivity index is 2.07. The minimum Gasteiger partial charge on any atom is -0.480 e. The van der Waals surface area contributed by atoms with Crippen LogP contribution >= 0.6 is 11.3 Å². The molecule has 1 aliphatic heterocycles. The van der Waals surface area contributed by atoms with Gasteiger partial charge in [-0.2, -0.15) is 0 Å². The van der Waals surface area contributed by atoms with Gasteiger partial charge in [0.15, 0.2) is 0 Å². The molecule has 2 heterocycles. The van der Waals surface area contributed by atoms with Crippen molar-refractivity contribution in [1.29, 1.82) is 0 Å². The van der Waals surface area contributed by atoms with E-state index < -0.39 is 12.0 Å². The molecule has 1 aromatic rings. The number of carbonyl (C=O) groups excluding carboxylic acids is 1. The predicted octanol–water partition coefficient (Wildman–Crippen LogP) is 1.77. The summed E-state index contributed by atoms with van der Waals surface area (Å²) in [5, 5.41) is 9.16.